The highest BCUT2D eigenvalue weighted by atomic mass is 35.5. The summed E-state index contributed by atoms with van der Waals surface area (Å²) in [6.07, 6.45) is 1.02. The normalized spacial score (nSPS) is 15.6. The van der Waals surface area contributed by atoms with E-state index >= 15 is 0 Å². The number of benzene rings is 1. The van der Waals surface area contributed by atoms with E-state index < -0.39 is 0 Å². The second-order valence-electron chi connectivity index (χ2n) is 3.89. The Morgan fingerprint density at radius 2 is 2.31 bits per heavy atom. The molecule has 0 aromatic heterocycles. The van der Waals surface area contributed by atoms with Crippen molar-refractivity contribution >= 4 is 32.6 Å². The lowest BCUT2D eigenvalue weighted by atomic mass is 10.0. The van der Waals surface area contributed by atoms with E-state index in [1.807, 2.05) is 12.1 Å². The fourth-order valence-corrected chi connectivity index (χ4v) is 2.24. The minimum absolute atomic E-state index is 0.00351. The highest BCUT2D eigenvalue weighted by molar-refractivity contribution is 7.13. The molecule has 1 aliphatic rings. The zero-order chi connectivity index (χ0) is 11.5. The Hall–Kier alpha value is -0.630. The Morgan fingerprint density at radius 1 is 1.50 bits per heavy atom. The third-order valence-corrected chi connectivity index (χ3v) is 3.34. The first kappa shape index (κ1) is 11.8. The van der Waals surface area contributed by atoms with Gasteiger partial charge in [-0.3, -0.25) is 9.46 Å². The minimum atomic E-state index is -0.162. The minimum Gasteiger partial charge on any atom is -0.325 e. The lowest BCUT2D eigenvalue weighted by Crippen LogP contribution is -2.22. The van der Waals surface area contributed by atoms with Crippen molar-refractivity contribution in [3.63, 3.8) is 0 Å². The number of halogens is 1. The van der Waals surface area contributed by atoms with Gasteiger partial charge in [-0.15, -0.1) is 11.6 Å². The first-order valence-corrected chi connectivity index (χ1v) is 6.21. The molecule has 0 fully saturated rings. The number of nitrogens with zero attached hydrogens (tertiary/aromatic N) is 1. The number of nitrogens with one attached hydrogen (secondary N) is 1. The molecule has 0 saturated heterocycles. The average molecular weight is 257 g/mol. The van der Waals surface area contributed by atoms with Gasteiger partial charge in [0.15, 0.2) is 0 Å². The Kier molecular flexibility index (Phi) is 3.80. The summed E-state index contributed by atoms with van der Waals surface area (Å²) >= 11 is 5.44. The number of rotatable bonds is 2. The van der Waals surface area contributed by atoms with Gasteiger partial charge in [0.2, 0.25) is 5.91 Å². The molecule has 1 aromatic rings. The first-order valence-electron chi connectivity index (χ1n) is 5.16. The molecular weight excluding hydrogens is 243 g/mol. The topological polar surface area (TPSA) is 32.3 Å². The van der Waals surface area contributed by atoms with E-state index in [9.17, 15) is 4.79 Å². The van der Waals surface area contributed by atoms with Gasteiger partial charge < -0.3 is 5.32 Å². The molecular formula is C11H14ClN2OP. The Bertz CT molecular complexity index is 411. The van der Waals surface area contributed by atoms with E-state index in [0.29, 0.717) is 0 Å². The Morgan fingerprint density at radius 3 is 3.06 bits per heavy atom. The largest absolute Gasteiger partial charge is 0.325 e. The van der Waals surface area contributed by atoms with Crippen LogP contribution in [0.2, 0.25) is 0 Å². The van der Waals surface area contributed by atoms with Crippen LogP contribution in [0.3, 0.4) is 0 Å². The maximum absolute atomic E-state index is 11.1. The molecule has 1 heterocycles. The number of carbonyl (C=O) groups excluding carboxylic acids is 1. The molecule has 0 bridgehead atoms. The first-order chi connectivity index (χ1) is 7.69. The second kappa shape index (κ2) is 5.13. The van der Waals surface area contributed by atoms with Gasteiger partial charge in [-0.05, 0) is 29.7 Å². The van der Waals surface area contributed by atoms with Gasteiger partial charge in [0.25, 0.3) is 0 Å². The van der Waals surface area contributed by atoms with Crippen LogP contribution in [0.4, 0.5) is 5.69 Å². The maximum Gasteiger partial charge on any atom is 0.239 e. The summed E-state index contributed by atoms with van der Waals surface area (Å²) in [5, 5.41) is 2.76. The van der Waals surface area contributed by atoms with Crippen LogP contribution < -0.4 is 5.32 Å². The average Bonchev–Trinajstić information content (AvgIpc) is 2.29. The lowest BCUT2D eigenvalue weighted by Gasteiger charge is -2.25. The van der Waals surface area contributed by atoms with Gasteiger partial charge in [-0.25, -0.2) is 0 Å². The molecule has 1 amide bonds. The molecule has 5 heteroatoms. The molecule has 1 N–H and O–H groups in total. The molecule has 16 heavy (non-hydrogen) atoms. The van der Waals surface area contributed by atoms with Crippen molar-refractivity contribution in [1.29, 1.82) is 0 Å². The van der Waals surface area contributed by atoms with Crippen molar-refractivity contribution in [1.82, 2.24) is 4.67 Å². The number of anilines is 1. The Labute approximate surface area is 102 Å². The predicted octanol–water partition coefficient (Wildman–Crippen LogP) is 2.01. The molecule has 1 unspecified atom stereocenters. The van der Waals surface area contributed by atoms with Crippen molar-refractivity contribution in [2.45, 2.75) is 13.0 Å². The molecule has 86 valence electrons. The third kappa shape index (κ3) is 2.73. The predicted molar refractivity (Wildman–Crippen MR) is 69.6 cm³/mol. The van der Waals surface area contributed by atoms with Crippen molar-refractivity contribution in [3.8, 4) is 0 Å². The number of hydrogen-bond acceptors (Lipinski definition) is 2. The summed E-state index contributed by atoms with van der Waals surface area (Å²) in [5.41, 5.74) is 3.47. The van der Waals surface area contributed by atoms with Gasteiger partial charge in [-0.1, -0.05) is 15.5 Å². The van der Waals surface area contributed by atoms with Crippen molar-refractivity contribution in [3.05, 3.63) is 29.3 Å². The molecule has 3 nitrogen and oxygen atoms in total. The lowest BCUT2D eigenvalue weighted by molar-refractivity contribution is -0.113. The van der Waals surface area contributed by atoms with Crippen molar-refractivity contribution < 1.29 is 4.79 Å². The molecule has 1 aromatic carbocycles. The van der Waals surface area contributed by atoms with Crippen LogP contribution in [0.25, 0.3) is 0 Å². The third-order valence-electron chi connectivity index (χ3n) is 2.65. The SMILES string of the molecule is O=C(CCl)Nc1ccc2c(c1)CCN(P)C2. The standard InChI is InChI=1S/C11H14ClN2OP/c12-6-11(15)13-10-2-1-9-7-14(16)4-3-8(9)5-10/h1-2,5H,3-4,6-7,16H2,(H,13,15). The maximum atomic E-state index is 11.1. The van der Waals surface area contributed by atoms with Crippen LogP contribution in [0, 0.1) is 0 Å². The van der Waals surface area contributed by atoms with Crippen LogP contribution in [0.1, 0.15) is 11.1 Å². The molecule has 0 radical (unpaired) electrons. The molecule has 2 rings (SSSR count). The molecule has 0 aliphatic carbocycles. The number of fused-ring (bicyclic) bond motifs is 1. The van der Waals surface area contributed by atoms with E-state index in [4.69, 9.17) is 11.6 Å². The molecule has 0 saturated carbocycles. The molecule has 0 spiro atoms. The fourth-order valence-electron chi connectivity index (χ4n) is 1.85. The van der Waals surface area contributed by atoms with Crippen LogP contribution in [-0.2, 0) is 17.8 Å². The second-order valence-corrected chi connectivity index (χ2v) is 4.88. The molecule has 1 atom stereocenters. The van der Waals surface area contributed by atoms with E-state index in [0.717, 1.165) is 25.2 Å². The van der Waals surface area contributed by atoms with Gasteiger partial charge in [-0.2, -0.15) is 0 Å². The summed E-state index contributed by atoms with van der Waals surface area (Å²) in [5.74, 6) is -0.165. The van der Waals surface area contributed by atoms with Gasteiger partial charge in [0.05, 0.1) is 0 Å². The highest BCUT2D eigenvalue weighted by Gasteiger charge is 2.13. The van der Waals surface area contributed by atoms with E-state index in [1.165, 1.54) is 11.1 Å². The summed E-state index contributed by atoms with van der Waals surface area (Å²) < 4.78 is 2.21. The number of amides is 1. The summed E-state index contributed by atoms with van der Waals surface area (Å²) in [6.45, 7) is 1.98. The van der Waals surface area contributed by atoms with Crippen LogP contribution in [0.5, 0.6) is 0 Å². The zero-order valence-corrected chi connectivity index (χ0v) is 10.8. The monoisotopic (exact) mass is 256 g/mol. The van der Waals surface area contributed by atoms with Gasteiger partial charge >= 0.3 is 0 Å². The highest BCUT2D eigenvalue weighted by Crippen LogP contribution is 2.24. The van der Waals surface area contributed by atoms with Crippen molar-refractivity contribution in [2.24, 2.45) is 0 Å². The van der Waals surface area contributed by atoms with Gasteiger partial charge in [0, 0.05) is 18.8 Å². The fraction of sp³-hybridized carbons (Fsp3) is 0.364. The van der Waals surface area contributed by atoms with E-state index in [-0.39, 0.29) is 11.8 Å². The number of alkyl halides is 1. The smallest absolute Gasteiger partial charge is 0.239 e. The zero-order valence-electron chi connectivity index (χ0n) is 8.87. The summed E-state index contributed by atoms with van der Waals surface area (Å²) in [6, 6.07) is 6.03. The Balaban J connectivity index is 2.16. The van der Waals surface area contributed by atoms with E-state index in [2.05, 4.69) is 25.4 Å². The van der Waals surface area contributed by atoms with E-state index in [1.54, 1.807) is 0 Å². The van der Waals surface area contributed by atoms with Crippen LogP contribution in [-0.4, -0.2) is 23.0 Å². The quantitative estimate of drug-likeness (QED) is 0.649. The summed E-state index contributed by atoms with van der Waals surface area (Å²) in [7, 11) is 2.72. The van der Waals surface area contributed by atoms with Crippen molar-refractivity contribution in [2.75, 3.05) is 17.7 Å². The van der Waals surface area contributed by atoms with Gasteiger partial charge in [0.1, 0.15) is 5.88 Å². The summed E-state index contributed by atoms with van der Waals surface area (Å²) in [4.78, 5) is 11.1. The number of carbonyl (C=O) groups is 1. The van der Waals surface area contributed by atoms with Crippen LogP contribution >= 0.6 is 21.0 Å². The number of hydrogen-bond donors (Lipinski definition) is 1. The van der Waals surface area contributed by atoms with Crippen LogP contribution in [0.15, 0.2) is 18.2 Å². The molecule has 1 aliphatic heterocycles.